The molecule has 0 aromatic heterocycles. The van der Waals surface area contributed by atoms with E-state index in [1.165, 1.54) is 77.0 Å². The van der Waals surface area contributed by atoms with Crippen LogP contribution < -0.4 is 0 Å². The molecule has 0 fully saturated rings. The van der Waals surface area contributed by atoms with Crippen molar-refractivity contribution in [3.63, 3.8) is 0 Å². The monoisotopic (exact) mass is 372 g/mol. The van der Waals surface area contributed by atoms with Crippen LogP contribution in [-0.4, -0.2) is 34.5 Å². The third-order valence-electron chi connectivity index (χ3n) is 5.39. The molecule has 0 spiro atoms. The summed E-state index contributed by atoms with van der Waals surface area (Å²) in [6, 6.07) is 0. The van der Waals surface area contributed by atoms with E-state index >= 15 is 0 Å². The van der Waals surface area contributed by atoms with E-state index < -0.39 is 24.3 Å². The maximum Gasteiger partial charge on any atom is 0.332 e. The summed E-state index contributed by atoms with van der Waals surface area (Å²) in [6.07, 6.45) is 18.1. The van der Waals surface area contributed by atoms with Gasteiger partial charge in [-0.2, -0.15) is 0 Å². The molecule has 0 aromatic carbocycles. The number of aliphatic hydroxyl groups is 2. The zero-order chi connectivity index (χ0) is 19.7. The lowest BCUT2D eigenvalue weighted by atomic mass is 9.92. The first-order valence-corrected chi connectivity index (χ1v) is 11.0. The van der Waals surface area contributed by atoms with Crippen LogP contribution in [0.25, 0.3) is 0 Å². The predicted octanol–water partition coefficient (Wildman–Crippen LogP) is 5.53. The van der Waals surface area contributed by atoms with Crippen molar-refractivity contribution >= 4 is 5.97 Å². The van der Waals surface area contributed by atoms with Crippen molar-refractivity contribution in [3.8, 4) is 0 Å². The van der Waals surface area contributed by atoms with Gasteiger partial charge in [0.1, 0.15) is 12.2 Å². The van der Waals surface area contributed by atoms with Crippen molar-refractivity contribution in [2.45, 2.75) is 129 Å². The SMILES string of the molecule is CCCCCCCCCCCCCCCCC(C)(OC(=O)CO)C(C)O. The normalized spacial score (nSPS) is 14.8. The molecule has 4 nitrogen and oxygen atoms in total. The number of carbonyl (C=O) groups is 1. The molecule has 0 radical (unpaired) electrons. The van der Waals surface area contributed by atoms with Gasteiger partial charge in [-0.1, -0.05) is 90.4 Å². The van der Waals surface area contributed by atoms with Crippen LogP contribution in [0.2, 0.25) is 0 Å². The van der Waals surface area contributed by atoms with Gasteiger partial charge in [0, 0.05) is 0 Å². The molecule has 0 saturated carbocycles. The number of hydrogen-bond donors (Lipinski definition) is 2. The van der Waals surface area contributed by atoms with E-state index in [0.29, 0.717) is 6.42 Å². The summed E-state index contributed by atoms with van der Waals surface area (Å²) in [6.45, 7) is 5.00. The molecule has 0 aromatic rings. The highest BCUT2D eigenvalue weighted by atomic mass is 16.6. The Morgan fingerprint density at radius 1 is 0.846 bits per heavy atom. The number of aliphatic hydroxyl groups excluding tert-OH is 2. The van der Waals surface area contributed by atoms with E-state index in [-0.39, 0.29) is 0 Å². The standard InChI is InChI=1S/C22H44O4/c1-4-5-6-7-8-9-10-11-12-13-14-15-16-17-18-22(3,20(2)24)26-21(25)19-23/h20,23-24H,4-19H2,1-3H3. The Morgan fingerprint density at radius 3 is 1.58 bits per heavy atom. The maximum atomic E-state index is 11.3. The molecule has 2 unspecified atom stereocenters. The van der Waals surface area contributed by atoms with Crippen molar-refractivity contribution < 1.29 is 19.7 Å². The van der Waals surface area contributed by atoms with Crippen molar-refractivity contribution in [2.24, 2.45) is 0 Å². The minimum absolute atomic E-state index is 0.633. The van der Waals surface area contributed by atoms with Crippen LogP contribution in [0, 0.1) is 0 Å². The van der Waals surface area contributed by atoms with Crippen LogP contribution in [0.1, 0.15) is 117 Å². The van der Waals surface area contributed by atoms with Gasteiger partial charge in [-0.15, -0.1) is 0 Å². The van der Waals surface area contributed by atoms with Crippen LogP contribution >= 0.6 is 0 Å². The van der Waals surface area contributed by atoms with Crippen LogP contribution in [0.3, 0.4) is 0 Å². The fourth-order valence-electron chi connectivity index (χ4n) is 3.31. The molecule has 0 aliphatic rings. The lowest BCUT2D eigenvalue weighted by Crippen LogP contribution is -2.42. The average molecular weight is 373 g/mol. The van der Waals surface area contributed by atoms with Gasteiger partial charge in [-0.3, -0.25) is 0 Å². The smallest absolute Gasteiger partial charge is 0.332 e. The van der Waals surface area contributed by atoms with E-state index in [1.54, 1.807) is 13.8 Å². The number of hydrogen-bond acceptors (Lipinski definition) is 4. The van der Waals surface area contributed by atoms with Gasteiger partial charge in [0.05, 0.1) is 6.10 Å². The highest BCUT2D eigenvalue weighted by Gasteiger charge is 2.33. The Balaban J connectivity index is 3.52. The van der Waals surface area contributed by atoms with Crippen LogP contribution in [-0.2, 0) is 9.53 Å². The third kappa shape index (κ3) is 13.6. The number of carbonyl (C=O) groups excluding carboxylic acids is 1. The Bertz CT molecular complexity index is 330. The summed E-state index contributed by atoms with van der Waals surface area (Å²) < 4.78 is 5.22. The fourth-order valence-corrected chi connectivity index (χ4v) is 3.31. The zero-order valence-corrected chi connectivity index (χ0v) is 17.6. The summed E-state index contributed by atoms with van der Waals surface area (Å²) in [4.78, 5) is 11.3. The van der Waals surface area contributed by atoms with E-state index in [2.05, 4.69) is 6.92 Å². The topological polar surface area (TPSA) is 66.8 Å². The minimum atomic E-state index is -0.892. The molecule has 156 valence electrons. The molecule has 0 rings (SSSR count). The van der Waals surface area contributed by atoms with E-state index in [9.17, 15) is 9.90 Å². The fraction of sp³-hybridized carbons (Fsp3) is 0.955. The summed E-state index contributed by atoms with van der Waals surface area (Å²) in [5, 5.41) is 18.7. The molecular formula is C22H44O4. The zero-order valence-electron chi connectivity index (χ0n) is 17.6. The van der Waals surface area contributed by atoms with Crippen molar-refractivity contribution in [2.75, 3.05) is 6.61 Å². The van der Waals surface area contributed by atoms with E-state index in [4.69, 9.17) is 9.84 Å². The van der Waals surface area contributed by atoms with Gasteiger partial charge in [0.15, 0.2) is 0 Å². The highest BCUT2D eigenvalue weighted by Crippen LogP contribution is 2.24. The first kappa shape index (κ1) is 25.4. The molecule has 0 heterocycles. The lowest BCUT2D eigenvalue weighted by molar-refractivity contribution is -0.173. The Hall–Kier alpha value is -0.610. The van der Waals surface area contributed by atoms with Gasteiger partial charge in [0.2, 0.25) is 0 Å². The molecule has 0 bridgehead atoms. The van der Waals surface area contributed by atoms with Crippen LogP contribution in [0.4, 0.5) is 0 Å². The van der Waals surface area contributed by atoms with Crippen molar-refractivity contribution in [1.29, 1.82) is 0 Å². The number of unbranched alkanes of at least 4 members (excludes halogenated alkanes) is 13. The molecule has 26 heavy (non-hydrogen) atoms. The number of rotatable bonds is 18. The van der Waals surface area contributed by atoms with Gasteiger partial charge in [0.25, 0.3) is 0 Å². The van der Waals surface area contributed by atoms with Gasteiger partial charge in [-0.25, -0.2) is 4.79 Å². The van der Waals surface area contributed by atoms with Crippen molar-refractivity contribution in [3.05, 3.63) is 0 Å². The Morgan fingerprint density at radius 2 is 1.23 bits per heavy atom. The van der Waals surface area contributed by atoms with Crippen LogP contribution in [0.15, 0.2) is 0 Å². The lowest BCUT2D eigenvalue weighted by Gasteiger charge is -2.32. The highest BCUT2D eigenvalue weighted by molar-refractivity contribution is 5.70. The summed E-state index contributed by atoms with van der Waals surface area (Å²) in [5.74, 6) is -0.668. The maximum absolute atomic E-state index is 11.3. The minimum Gasteiger partial charge on any atom is -0.455 e. The molecular weight excluding hydrogens is 328 g/mol. The molecule has 0 aliphatic carbocycles. The van der Waals surface area contributed by atoms with Crippen molar-refractivity contribution in [1.82, 2.24) is 0 Å². The van der Waals surface area contributed by atoms with Crippen LogP contribution in [0.5, 0.6) is 0 Å². The second-order valence-electron chi connectivity index (χ2n) is 7.97. The molecule has 4 heteroatoms. The molecule has 0 aliphatic heterocycles. The average Bonchev–Trinajstić information content (AvgIpc) is 2.61. The second-order valence-corrected chi connectivity index (χ2v) is 7.97. The summed E-state index contributed by atoms with van der Waals surface area (Å²) in [5.41, 5.74) is -0.892. The molecule has 2 atom stereocenters. The number of ether oxygens (including phenoxy) is 1. The van der Waals surface area contributed by atoms with Gasteiger partial charge < -0.3 is 14.9 Å². The van der Waals surface area contributed by atoms with Gasteiger partial charge >= 0.3 is 5.97 Å². The predicted molar refractivity (Wildman–Crippen MR) is 108 cm³/mol. The van der Waals surface area contributed by atoms with E-state index in [1.807, 2.05) is 0 Å². The van der Waals surface area contributed by atoms with Gasteiger partial charge in [-0.05, 0) is 26.7 Å². The largest absolute Gasteiger partial charge is 0.455 e. The first-order chi connectivity index (χ1) is 12.5. The Labute approximate surface area is 161 Å². The molecule has 0 amide bonds. The molecule has 0 saturated heterocycles. The third-order valence-corrected chi connectivity index (χ3v) is 5.39. The number of esters is 1. The molecule has 2 N–H and O–H groups in total. The summed E-state index contributed by atoms with van der Waals surface area (Å²) >= 11 is 0. The van der Waals surface area contributed by atoms with E-state index in [0.717, 1.165) is 12.8 Å². The quantitative estimate of drug-likeness (QED) is 0.245. The second kappa shape index (κ2) is 16.6. The Kier molecular flexibility index (Phi) is 16.2. The first-order valence-electron chi connectivity index (χ1n) is 11.0. The summed E-state index contributed by atoms with van der Waals surface area (Å²) in [7, 11) is 0.